The van der Waals surface area contributed by atoms with Crippen molar-refractivity contribution in [3.8, 4) is 0 Å². The van der Waals surface area contributed by atoms with Crippen molar-refractivity contribution in [1.29, 1.82) is 0 Å². The summed E-state index contributed by atoms with van der Waals surface area (Å²) in [6, 6.07) is 3.67. The molecule has 0 saturated heterocycles. The Morgan fingerprint density at radius 3 is 2.31 bits per heavy atom. The molecular formula is C17H26ClN3O4S. The quantitative estimate of drug-likeness (QED) is 0.759. The molecule has 0 aliphatic rings. The lowest BCUT2D eigenvalue weighted by Gasteiger charge is -2.21. The van der Waals surface area contributed by atoms with Crippen LogP contribution in [0.3, 0.4) is 0 Å². The predicted molar refractivity (Wildman–Crippen MR) is 102 cm³/mol. The molecule has 0 spiro atoms. The second-order valence-corrected chi connectivity index (χ2v) is 9.64. The van der Waals surface area contributed by atoms with E-state index in [1.807, 2.05) is 20.8 Å². The van der Waals surface area contributed by atoms with Gasteiger partial charge in [0.05, 0.1) is 22.0 Å². The molecular weight excluding hydrogens is 378 g/mol. The van der Waals surface area contributed by atoms with E-state index in [9.17, 15) is 18.0 Å². The van der Waals surface area contributed by atoms with E-state index in [2.05, 4.69) is 10.6 Å². The normalized spacial score (nSPS) is 12.3. The molecule has 0 saturated carbocycles. The number of hydrogen-bond acceptors (Lipinski definition) is 4. The number of benzene rings is 1. The number of sulfonamides is 1. The smallest absolute Gasteiger partial charge is 0.253 e. The molecule has 7 nitrogen and oxygen atoms in total. The van der Waals surface area contributed by atoms with Crippen LogP contribution in [0.25, 0.3) is 0 Å². The zero-order chi connectivity index (χ0) is 20.3. The van der Waals surface area contributed by atoms with Gasteiger partial charge in [0.1, 0.15) is 0 Å². The minimum absolute atomic E-state index is 0.00606. The highest BCUT2D eigenvalue weighted by atomic mass is 35.5. The fourth-order valence-electron chi connectivity index (χ4n) is 2.00. The largest absolute Gasteiger partial charge is 0.350 e. The first-order chi connectivity index (χ1) is 11.8. The lowest BCUT2D eigenvalue weighted by atomic mass is 10.1. The molecule has 0 unspecified atom stereocenters. The van der Waals surface area contributed by atoms with E-state index >= 15 is 0 Å². The van der Waals surface area contributed by atoms with Crippen molar-refractivity contribution in [2.45, 2.75) is 51.1 Å². The van der Waals surface area contributed by atoms with E-state index in [1.54, 1.807) is 13.8 Å². The third-order valence-electron chi connectivity index (χ3n) is 3.51. The number of nitrogens with one attached hydrogen (secondary N) is 2. The van der Waals surface area contributed by atoms with Crippen LogP contribution >= 0.6 is 11.6 Å². The molecule has 1 aromatic carbocycles. The third-order valence-corrected chi connectivity index (χ3v) is 5.87. The van der Waals surface area contributed by atoms with Crippen molar-refractivity contribution >= 4 is 33.4 Å². The Hall–Kier alpha value is -1.64. The molecule has 0 heterocycles. The van der Waals surface area contributed by atoms with Gasteiger partial charge in [0, 0.05) is 18.6 Å². The summed E-state index contributed by atoms with van der Waals surface area (Å²) in [7, 11) is -2.29. The van der Waals surface area contributed by atoms with Gasteiger partial charge < -0.3 is 10.6 Å². The summed E-state index contributed by atoms with van der Waals surface area (Å²) >= 11 is 6.04. The summed E-state index contributed by atoms with van der Waals surface area (Å²) in [6.45, 7) is 8.72. The van der Waals surface area contributed by atoms with E-state index < -0.39 is 21.5 Å². The zero-order valence-electron chi connectivity index (χ0n) is 15.9. The molecule has 146 valence electrons. The monoisotopic (exact) mass is 403 g/mol. The molecule has 0 aliphatic carbocycles. The topological polar surface area (TPSA) is 95.6 Å². The van der Waals surface area contributed by atoms with E-state index in [0.717, 1.165) is 0 Å². The van der Waals surface area contributed by atoms with Crippen LogP contribution in [0.5, 0.6) is 0 Å². The Morgan fingerprint density at radius 2 is 1.81 bits per heavy atom. The maximum atomic E-state index is 12.6. The third kappa shape index (κ3) is 5.96. The average molecular weight is 404 g/mol. The predicted octanol–water partition coefficient (Wildman–Crippen LogP) is 2.01. The van der Waals surface area contributed by atoms with Crippen LogP contribution < -0.4 is 10.6 Å². The standard InChI is InChI=1S/C17H26ClN3O4S/c1-11(2)21(6)26(24,25)12-7-8-14(18)13(9-12)16(23)19-10-15(22)20-17(3,4)5/h7-9,11H,10H2,1-6H3,(H,19,23)(H,20,22). The van der Waals surface area contributed by atoms with Crippen molar-refractivity contribution in [1.82, 2.24) is 14.9 Å². The fourth-order valence-corrected chi connectivity index (χ4v) is 3.60. The second-order valence-electron chi connectivity index (χ2n) is 7.24. The SMILES string of the molecule is CC(C)N(C)S(=O)(=O)c1ccc(Cl)c(C(=O)NCC(=O)NC(C)(C)C)c1. The summed E-state index contributed by atoms with van der Waals surface area (Å²) in [5, 5.41) is 5.27. The molecule has 2 N–H and O–H groups in total. The average Bonchev–Trinajstić information content (AvgIpc) is 2.50. The van der Waals surface area contributed by atoms with E-state index in [0.29, 0.717) is 0 Å². The maximum absolute atomic E-state index is 12.6. The Labute approximate surface area is 160 Å². The molecule has 9 heteroatoms. The fraction of sp³-hybridized carbons (Fsp3) is 0.529. The minimum Gasteiger partial charge on any atom is -0.350 e. The van der Waals surface area contributed by atoms with Crippen LogP contribution in [0.15, 0.2) is 23.1 Å². The molecule has 0 aromatic heterocycles. The first-order valence-corrected chi connectivity index (χ1v) is 9.94. The highest BCUT2D eigenvalue weighted by Crippen LogP contribution is 2.23. The van der Waals surface area contributed by atoms with Crippen LogP contribution in [-0.4, -0.2) is 49.7 Å². The van der Waals surface area contributed by atoms with Gasteiger partial charge in [-0.2, -0.15) is 4.31 Å². The number of carbonyl (C=O) groups is 2. The number of halogens is 1. The van der Waals surface area contributed by atoms with Gasteiger partial charge >= 0.3 is 0 Å². The first kappa shape index (κ1) is 22.4. The molecule has 2 amide bonds. The van der Waals surface area contributed by atoms with Gasteiger partial charge in [0.2, 0.25) is 15.9 Å². The number of nitrogens with zero attached hydrogens (tertiary/aromatic N) is 1. The van der Waals surface area contributed by atoms with Gasteiger partial charge in [-0.1, -0.05) is 11.6 Å². The van der Waals surface area contributed by atoms with Crippen LogP contribution in [-0.2, 0) is 14.8 Å². The molecule has 0 radical (unpaired) electrons. The van der Waals surface area contributed by atoms with E-state index in [4.69, 9.17) is 11.6 Å². The van der Waals surface area contributed by atoms with Crippen LogP contribution in [0, 0.1) is 0 Å². The summed E-state index contributed by atoms with van der Waals surface area (Å²) in [4.78, 5) is 24.1. The Morgan fingerprint density at radius 1 is 1.23 bits per heavy atom. The van der Waals surface area contributed by atoms with Crippen molar-refractivity contribution in [2.24, 2.45) is 0 Å². The van der Waals surface area contributed by atoms with Crippen molar-refractivity contribution in [2.75, 3.05) is 13.6 Å². The summed E-state index contributed by atoms with van der Waals surface area (Å²) in [6.07, 6.45) is 0. The van der Waals surface area contributed by atoms with Gasteiger partial charge in [-0.05, 0) is 52.8 Å². The Kier molecular flexibility index (Phi) is 7.21. The van der Waals surface area contributed by atoms with Gasteiger partial charge in [-0.15, -0.1) is 0 Å². The lowest BCUT2D eigenvalue weighted by molar-refractivity contribution is -0.121. The molecule has 0 bridgehead atoms. The second kappa shape index (κ2) is 8.37. The summed E-state index contributed by atoms with van der Waals surface area (Å²) < 4.78 is 26.3. The maximum Gasteiger partial charge on any atom is 0.253 e. The lowest BCUT2D eigenvalue weighted by Crippen LogP contribution is -2.45. The first-order valence-electron chi connectivity index (χ1n) is 8.12. The van der Waals surface area contributed by atoms with Gasteiger partial charge in [0.25, 0.3) is 5.91 Å². The van der Waals surface area contributed by atoms with Crippen LogP contribution in [0.2, 0.25) is 5.02 Å². The molecule has 0 fully saturated rings. The van der Waals surface area contributed by atoms with Gasteiger partial charge in [0.15, 0.2) is 0 Å². The van der Waals surface area contributed by atoms with Gasteiger partial charge in [-0.25, -0.2) is 8.42 Å². The number of amides is 2. The van der Waals surface area contributed by atoms with E-state index in [1.165, 1.54) is 29.6 Å². The van der Waals surface area contributed by atoms with Crippen LogP contribution in [0.1, 0.15) is 45.0 Å². The summed E-state index contributed by atoms with van der Waals surface area (Å²) in [5.41, 5.74) is -0.428. The number of rotatable bonds is 6. The Bertz CT molecular complexity index is 786. The van der Waals surface area contributed by atoms with Crippen molar-refractivity contribution in [3.05, 3.63) is 28.8 Å². The van der Waals surface area contributed by atoms with E-state index in [-0.39, 0.29) is 34.0 Å². The Balaban J connectivity index is 3.00. The van der Waals surface area contributed by atoms with Gasteiger partial charge in [-0.3, -0.25) is 9.59 Å². The molecule has 1 rings (SSSR count). The number of hydrogen-bond donors (Lipinski definition) is 2. The summed E-state index contributed by atoms with van der Waals surface area (Å²) in [5.74, 6) is -0.978. The highest BCUT2D eigenvalue weighted by Gasteiger charge is 2.25. The molecule has 0 aliphatic heterocycles. The zero-order valence-corrected chi connectivity index (χ0v) is 17.5. The van der Waals surface area contributed by atoms with Crippen LogP contribution in [0.4, 0.5) is 0 Å². The number of carbonyl (C=O) groups excluding carboxylic acids is 2. The van der Waals surface area contributed by atoms with Crippen molar-refractivity contribution in [3.63, 3.8) is 0 Å². The molecule has 26 heavy (non-hydrogen) atoms. The highest BCUT2D eigenvalue weighted by molar-refractivity contribution is 7.89. The van der Waals surface area contributed by atoms with Crippen molar-refractivity contribution < 1.29 is 18.0 Å². The molecule has 1 aromatic rings. The minimum atomic E-state index is -3.75. The molecule has 0 atom stereocenters.